The van der Waals surface area contributed by atoms with Crippen LogP contribution in [0.25, 0.3) is 0 Å². The molecule has 0 amide bonds. The van der Waals surface area contributed by atoms with Crippen molar-refractivity contribution in [2.45, 2.75) is 6.54 Å². The maximum absolute atomic E-state index is 11.4. The number of hydrogen-bond donors (Lipinski definition) is 0. The van der Waals surface area contributed by atoms with Gasteiger partial charge in [0.05, 0.1) is 6.61 Å². The number of ether oxygens (including phenoxy) is 1. The third-order valence-electron chi connectivity index (χ3n) is 1.68. The minimum absolute atomic E-state index is 0.165. The first kappa shape index (κ1) is 9.49. The van der Waals surface area contributed by atoms with Crippen molar-refractivity contribution in [2.24, 2.45) is 0 Å². The van der Waals surface area contributed by atoms with Crippen LogP contribution in [-0.2, 0) is 11.3 Å². The summed E-state index contributed by atoms with van der Waals surface area (Å²) >= 11 is 0. The zero-order valence-electron chi connectivity index (χ0n) is 7.36. The van der Waals surface area contributed by atoms with Gasteiger partial charge >= 0.3 is 0 Å². The van der Waals surface area contributed by atoms with Crippen LogP contribution in [-0.4, -0.2) is 18.3 Å². The summed E-state index contributed by atoms with van der Waals surface area (Å²) in [4.78, 5) is 11.4. The average Bonchev–Trinajstić information content (AvgIpc) is 2.16. The van der Waals surface area contributed by atoms with Crippen LogP contribution in [0.2, 0.25) is 0 Å². The molecule has 0 aliphatic rings. The Hall–Kier alpha value is -1.60. The van der Waals surface area contributed by atoms with E-state index in [-0.39, 0.29) is 11.1 Å². The van der Waals surface area contributed by atoms with E-state index in [2.05, 4.69) is 0 Å². The van der Waals surface area contributed by atoms with E-state index in [4.69, 9.17) is 10.00 Å². The Kier molecular flexibility index (Phi) is 3.23. The second-order valence-corrected chi connectivity index (χ2v) is 2.53. The molecular formula is C9H10N2O2. The van der Waals surface area contributed by atoms with Gasteiger partial charge in [0.1, 0.15) is 11.6 Å². The van der Waals surface area contributed by atoms with Crippen molar-refractivity contribution in [3.63, 3.8) is 0 Å². The zero-order valence-corrected chi connectivity index (χ0v) is 7.36. The fourth-order valence-electron chi connectivity index (χ4n) is 0.988. The van der Waals surface area contributed by atoms with Gasteiger partial charge in [-0.2, -0.15) is 5.26 Å². The molecule has 0 saturated heterocycles. The number of aromatic nitrogens is 1. The molecule has 68 valence electrons. The molecular weight excluding hydrogens is 168 g/mol. The van der Waals surface area contributed by atoms with Gasteiger partial charge in [0.15, 0.2) is 0 Å². The number of nitrogens with zero attached hydrogens (tertiary/aromatic N) is 2. The molecule has 0 fully saturated rings. The second kappa shape index (κ2) is 4.43. The Morgan fingerprint density at radius 1 is 1.69 bits per heavy atom. The molecule has 0 bridgehead atoms. The van der Waals surface area contributed by atoms with E-state index in [1.807, 2.05) is 6.07 Å². The molecule has 0 atom stereocenters. The topological polar surface area (TPSA) is 55.0 Å². The number of methoxy groups -OCH3 is 1. The molecule has 0 aliphatic carbocycles. The quantitative estimate of drug-likeness (QED) is 0.671. The minimum Gasteiger partial charge on any atom is -0.383 e. The molecule has 0 aliphatic heterocycles. The van der Waals surface area contributed by atoms with Gasteiger partial charge in [0.25, 0.3) is 5.56 Å². The summed E-state index contributed by atoms with van der Waals surface area (Å²) in [5.74, 6) is 0. The molecule has 0 aromatic carbocycles. The van der Waals surface area contributed by atoms with Crippen LogP contribution in [0.15, 0.2) is 23.1 Å². The van der Waals surface area contributed by atoms with Crippen molar-refractivity contribution < 1.29 is 4.74 Å². The SMILES string of the molecule is COCCn1cccc(C#N)c1=O. The van der Waals surface area contributed by atoms with E-state index in [0.717, 1.165) is 0 Å². The second-order valence-electron chi connectivity index (χ2n) is 2.53. The van der Waals surface area contributed by atoms with E-state index in [9.17, 15) is 4.79 Å². The number of rotatable bonds is 3. The van der Waals surface area contributed by atoms with Gasteiger partial charge in [-0.1, -0.05) is 0 Å². The van der Waals surface area contributed by atoms with Crippen LogP contribution in [0, 0.1) is 11.3 Å². The molecule has 1 aromatic rings. The monoisotopic (exact) mass is 178 g/mol. The van der Waals surface area contributed by atoms with Crippen molar-refractivity contribution in [1.29, 1.82) is 5.26 Å². The lowest BCUT2D eigenvalue weighted by atomic mass is 10.3. The van der Waals surface area contributed by atoms with E-state index in [1.54, 1.807) is 19.4 Å². The lowest BCUT2D eigenvalue weighted by molar-refractivity contribution is 0.186. The summed E-state index contributed by atoms with van der Waals surface area (Å²) in [6.45, 7) is 0.944. The van der Waals surface area contributed by atoms with E-state index < -0.39 is 0 Å². The first-order valence-corrected chi connectivity index (χ1v) is 3.88. The fraction of sp³-hybridized carbons (Fsp3) is 0.333. The van der Waals surface area contributed by atoms with Crippen LogP contribution < -0.4 is 5.56 Å². The van der Waals surface area contributed by atoms with Crippen molar-refractivity contribution in [1.82, 2.24) is 4.57 Å². The molecule has 0 saturated carbocycles. The predicted octanol–water partition coefficient (Wildman–Crippen LogP) is 0.366. The van der Waals surface area contributed by atoms with Gasteiger partial charge in [-0.05, 0) is 12.1 Å². The number of nitriles is 1. The Morgan fingerprint density at radius 2 is 2.46 bits per heavy atom. The Balaban J connectivity index is 2.97. The van der Waals surface area contributed by atoms with Crippen molar-refractivity contribution in [2.75, 3.05) is 13.7 Å². The molecule has 0 N–H and O–H groups in total. The van der Waals surface area contributed by atoms with Gasteiger partial charge in [0.2, 0.25) is 0 Å². The lowest BCUT2D eigenvalue weighted by Gasteiger charge is -2.03. The molecule has 1 rings (SSSR count). The molecule has 4 heteroatoms. The van der Waals surface area contributed by atoms with E-state index >= 15 is 0 Å². The number of hydrogen-bond acceptors (Lipinski definition) is 3. The summed E-state index contributed by atoms with van der Waals surface area (Å²) in [5, 5.41) is 8.57. The van der Waals surface area contributed by atoms with Gasteiger partial charge in [-0.15, -0.1) is 0 Å². The smallest absolute Gasteiger partial charge is 0.268 e. The average molecular weight is 178 g/mol. The van der Waals surface area contributed by atoms with Gasteiger partial charge in [-0.3, -0.25) is 4.79 Å². The third kappa shape index (κ3) is 2.17. The van der Waals surface area contributed by atoms with Crippen LogP contribution in [0.1, 0.15) is 5.56 Å². The summed E-state index contributed by atoms with van der Waals surface area (Å²) in [6.07, 6.45) is 1.64. The molecule has 1 heterocycles. The highest BCUT2D eigenvalue weighted by molar-refractivity contribution is 5.24. The van der Waals surface area contributed by atoms with Crippen LogP contribution in [0.4, 0.5) is 0 Å². The van der Waals surface area contributed by atoms with Crippen molar-refractivity contribution in [3.8, 4) is 6.07 Å². The van der Waals surface area contributed by atoms with E-state index in [0.29, 0.717) is 13.2 Å². The highest BCUT2D eigenvalue weighted by Gasteiger charge is 2.00. The predicted molar refractivity (Wildman–Crippen MR) is 47.3 cm³/mol. The van der Waals surface area contributed by atoms with Crippen LogP contribution in [0.3, 0.4) is 0 Å². The van der Waals surface area contributed by atoms with Gasteiger partial charge in [0, 0.05) is 19.9 Å². The minimum atomic E-state index is -0.262. The zero-order chi connectivity index (χ0) is 9.68. The third-order valence-corrected chi connectivity index (χ3v) is 1.68. The highest BCUT2D eigenvalue weighted by Crippen LogP contribution is 1.89. The van der Waals surface area contributed by atoms with Crippen LogP contribution in [0.5, 0.6) is 0 Å². The van der Waals surface area contributed by atoms with Crippen molar-refractivity contribution >= 4 is 0 Å². The Bertz CT molecular complexity index is 376. The maximum Gasteiger partial charge on any atom is 0.268 e. The summed E-state index contributed by atoms with van der Waals surface area (Å²) in [6, 6.07) is 5.02. The Labute approximate surface area is 76.0 Å². The van der Waals surface area contributed by atoms with Gasteiger partial charge in [-0.25, -0.2) is 0 Å². The number of pyridine rings is 1. The highest BCUT2D eigenvalue weighted by atomic mass is 16.5. The summed E-state index contributed by atoms with van der Waals surface area (Å²) in [7, 11) is 1.57. The molecule has 0 radical (unpaired) electrons. The molecule has 0 spiro atoms. The molecule has 1 aromatic heterocycles. The normalized spacial score (nSPS) is 9.54. The molecule has 0 unspecified atom stereocenters. The molecule has 13 heavy (non-hydrogen) atoms. The lowest BCUT2D eigenvalue weighted by Crippen LogP contribution is -2.23. The molecule has 4 nitrogen and oxygen atoms in total. The largest absolute Gasteiger partial charge is 0.383 e. The Morgan fingerprint density at radius 3 is 3.08 bits per heavy atom. The first-order valence-electron chi connectivity index (χ1n) is 3.88. The van der Waals surface area contributed by atoms with Crippen molar-refractivity contribution in [3.05, 3.63) is 34.2 Å². The van der Waals surface area contributed by atoms with E-state index in [1.165, 1.54) is 10.6 Å². The standard InChI is InChI=1S/C9H10N2O2/c1-13-6-5-11-4-2-3-8(7-10)9(11)12/h2-4H,5-6H2,1H3. The first-order chi connectivity index (χ1) is 6.29. The maximum atomic E-state index is 11.4. The fourth-order valence-corrected chi connectivity index (χ4v) is 0.988. The summed E-state index contributed by atoms with van der Waals surface area (Å²) in [5.41, 5.74) is -0.0966. The van der Waals surface area contributed by atoms with Crippen LogP contribution >= 0.6 is 0 Å². The summed E-state index contributed by atoms with van der Waals surface area (Å²) < 4.78 is 6.29. The van der Waals surface area contributed by atoms with Gasteiger partial charge < -0.3 is 9.30 Å².